The average molecular weight is 395 g/mol. The summed E-state index contributed by atoms with van der Waals surface area (Å²) in [7, 11) is 1.80. The van der Waals surface area contributed by atoms with E-state index in [1.807, 2.05) is 42.5 Å². The zero-order valence-corrected chi connectivity index (χ0v) is 16.6. The number of carbonyl (C=O) groups is 1. The number of halogens is 1. The Kier molecular flexibility index (Phi) is 6.98. The lowest BCUT2D eigenvalue weighted by Crippen LogP contribution is -2.29. The van der Waals surface area contributed by atoms with Crippen molar-refractivity contribution in [1.29, 1.82) is 0 Å². The highest BCUT2D eigenvalue weighted by Crippen LogP contribution is 2.13. The standard InChI is InChI=1S/C22H23ClN4O/c1-27(14-9-17-5-10-24-11-6-17)22(28)21-16-20(8-13-26-21)25-12-7-18-3-2-4-19(23)15-18/h2-6,8,10-11,13,15-16H,7,9,12,14H2,1H3,(H,25,26). The number of likely N-dealkylation sites (N-methyl/N-ethyl adjacent to an activating group) is 1. The molecular weight excluding hydrogens is 372 g/mol. The van der Waals surface area contributed by atoms with Crippen molar-refractivity contribution >= 4 is 23.2 Å². The lowest BCUT2D eigenvalue weighted by atomic mass is 10.1. The van der Waals surface area contributed by atoms with E-state index in [9.17, 15) is 4.79 Å². The Bertz CT molecular complexity index is 917. The molecule has 0 aliphatic rings. The zero-order chi connectivity index (χ0) is 19.8. The van der Waals surface area contributed by atoms with Gasteiger partial charge in [0.25, 0.3) is 5.91 Å². The second kappa shape index (κ2) is 9.85. The first kappa shape index (κ1) is 19.8. The minimum Gasteiger partial charge on any atom is -0.385 e. The van der Waals surface area contributed by atoms with Gasteiger partial charge in [-0.1, -0.05) is 23.7 Å². The molecule has 3 aromatic rings. The third-order valence-electron chi connectivity index (χ3n) is 4.44. The van der Waals surface area contributed by atoms with Crippen LogP contribution in [0.4, 0.5) is 5.69 Å². The first-order chi connectivity index (χ1) is 13.6. The number of rotatable bonds is 8. The van der Waals surface area contributed by atoms with Crippen molar-refractivity contribution in [2.24, 2.45) is 0 Å². The summed E-state index contributed by atoms with van der Waals surface area (Å²) in [5.74, 6) is -0.0902. The fourth-order valence-electron chi connectivity index (χ4n) is 2.84. The number of anilines is 1. The van der Waals surface area contributed by atoms with Crippen LogP contribution in [-0.4, -0.2) is 40.9 Å². The molecule has 5 nitrogen and oxygen atoms in total. The van der Waals surface area contributed by atoms with Crippen LogP contribution in [0.25, 0.3) is 0 Å². The predicted octanol–water partition coefficient (Wildman–Crippen LogP) is 4.10. The normalized spacial score (nSPS) is 10.5. The van der Waals surface area contributed by atoms with Gasteiger partial charge in [-0.2, -0.15) is 0 Å². The summed E-state index contributed by atoms with van der Waals surface area (Å²) >= 11 is 6.02. The number of hydrogen-bond donors (Lipinski definition) is 1. The maximum atomic E-state index is 12.7. The maximum Gasteiger partial charge on any atom is 0.272 e. The van der Waals surface area contributed by atoms with Crippen molar-refractivity contribution < 1.29 is 4.79 Å². The van der Waals surface area contributed by atoms with Gasteiger partial charge in [-0.15, -0.1) is 0 Å². The molecule has 6 heteroatoms. The molecule has 0 aliphatic heterocycles. The highest BCUT2D eigenvalue weighted by Gasteiger charge is 2.13. The van der Waals surface area contributed by atoms with Crippen LogP contribution in [0.15, 0.2) is 67.1 Å². The Labute approximate surface area is 170 Å². The minimum atomic E-state index is -0.0902. The van der Waals surface area contributed by atoms with Crippen molar-refractivity contribution in [2.75, 3.05) is 25.5 Å². The van der Waals surface area contributed by atoms with Crippen molar-refractivity contribution in [3.8, 4) is 0 Å². The molecule has 0 radical (unpaired) electrons. The van der Waals surface area contributed by atoms with E-state index >= 15 is 0 Å². The van der Waals surface area contributed by atoms with Crippen LogP contribution in [0.2, 0.25) is 5.02 Å². The third kappa shape index (κ3) is 5.79. The van der Waals surface area contributed by atoms with Crippen LogP contribution in [0.1, 0.15) is 21.6 Å². The second-order valence-electron chi connectivity index (χ2n) is 6.57. The van der Waals surface area contributed by atoms with Gasteiger partial charge in [0.1, 0.15) is 5.69 Å². The van der Waals surface area contributed by atoms with Crippen LogP contribution in [-0.2, 0) is 12.8 Å². The molecule has 0 saturated carbocycles. The molecule has 0 atom stereocenters. The summed E-state index contributed by atoms with van der Waals surface area (Å²) in [6.07, 6.45) is 6.81. The zero-order valence-electron chi connectivity index (χ0n) is 15.8. The Hall–Kier alpha value is -2.92. The SMILES string of the molecule is CN(CCc1ccncc1)C(=O)c1cc(NCCc2cccc(Cl)c2)ccn1. The Morgan fingerprint density at radius 1 is 1.04 bits per heavy atom. The minimum absolute atomic E-state index is 0.0902. The van der Waals surface area contributed by atoms with Gasteiger partial charge < -0.3 is 10.2 Å². The van der Waals surface area contributed by atoms with Crippen LogP contribution in [0.3, 0.4) is 0 Å². The molecule has 0 bridgehead atoms. The lowest BCUT2D eigenvalue weighted by Gasteiger charge is -2.17. The molecule has 28 heavy (non-hydrogen) atoms. The molecule has 0 fully saturated rings. The number of aromatic nitrogens is 2. The second-order valence-corrected chi connectivity index (χ2v) is 7.01. The van der Waals surface area contributed by atoms with Gasteiger partial charge in [0.15, 0.2) is 0 Å². The number of nitrogens with one attached hydrogen (secondary N) is 1. The van der Waals surface area contributed by atoms with E-state index in [-0.39, 0.29) is 5.91 Å². The van der Waals surface area contributed by atoms with Gasteiger partial charge in [0, 0.05) is 49.4 Å². The summed E-state index contributed by atoms with van der Waals surface area (Å²) in [5, 5.41) is 4.08. The summed E-state index contributed by atoms with van der Waals surface area (Å²) in [4.78, 5) is 22.6. The molecule has 0 aliphatic carbocycles. The Morgan fingerprint density at radius 3 is 2.64 bits per heavy atom. The van der Waals surface area contributed by atoms with E-state index in [1.165, 1.54) is 5.56 Å². The van der Waals surface area contributed by atoms with Gasteiger partial charge in [-0.3, -0.25) is 14.8 Å². The number of nitrogens with zero attached hydrogens (tertiary/aromatic N) is 3. The summed E-state index contributed by atoms with van der Waals surface area (Å²) in [6.45, 7) is 1.37. The molecule has 1 aromatic carbocycles. The predicted molar refractivity (Wildman–Crippen MR) is 113 cm³/mol. The number of pyridine rings is 2. The number of carbonyl (C=O) groups excluding carboxylic acids is 1. The molecule has 1 N–H and O–H groups in total. The Balaban J connectivity index is 1.53. The van der Waals surface area contributed by atoms with E-state index in [0.717, 1.165) is 35.7 Å². The van der Waals surface area contributed by atoms with Crippen molar-refractivity contribution in [3.05, 3.63) is 89.0 Å². The molecule has 1 amide bonds. The summed E-state index contributed by atoms with van der Waals surface area (Å²) in [5.41, 5.74) is 3.63. The largest absolute Gasteiger partial charge is 0.385 e. The third-order valence-corrected chi connectivity index (χ3v) is 4.68. The number of hydrogen-bond acceptors (Lipinski definition) is 4. The van der Waals surface area contributed by atoms with Gasteiger partial charge in [0.05, 0.1) is 0 Å². The fraction of sp³-hybridized carbons (Fsp3) is 0.227. The van der Waals surface area contributed by atoms with E-state index in [2.05, 4.69) is 15.3 Å². The number of benzene rings is 1. The highest BCUT2D eigenvalue weighted by atomic mass is 35.5. The quantitative estimate of drug-likeness (QED) is 0.625. The average Bonchev–Trinajstić information content (AvgIpc) is 2.72. The van der Waals surface area contributed by atoms with E-state index in [0.29, 0.717) is 12.2 Å². The molecule has 0 unspecified atom stereocenters. The fourth-order valence-corrected chi connectivity index (χ4v) is 3.06. The molecule has 3 rings (SSSR count). The van der Waals surface area contributed by atoms with Crippen LogP contribution < -0.4 is 5.32 Å². The summed E-state index contributed by atoms with van der Waals surface area (Å²) < 4.78 is 0. The molecule has 2 heterocycles. The monoisotopic (exact) mass is 394 g/mol. The maximum absolute atomic E-state index is 12.7. The topological polar surface area (TPSA) is 58.1 Å². The van der Waals surface area contributed by atoms with E-state index in [4.69, 9.17) is 11.6 Å². The van der Waals surface area contributed by atoms with Gasteiger partial charge in [0.2, 0.25) is 0 Å². The molecule has 0 saturated heterocycles. The molecular formula is C22H23ClN4O. The molecule has 0 spiro atoms. The lowest BCUT2D eigenvalue weighted by molar-refractivity contribution is 0.0791. The van der Waals surface area contributed by atoms with Crippen molar-refractivity contribution in [1.82, 2.24) is 14.9 Å². The van der Waals surface area contributed by atoms with Crippen LogP contribution in [0.5, 0.6) is 0 Å². The molecule has 2 aromatic heterocycles. The highest BCUT2D eigenvalue weighted by molar-refractivity contribution is 6.30. The van der Waals surface area contributed by atoms with Crippen LogP contribution in [0, 0.1) is 0 Å². The van der Waals surface area contributed by atoms with Gasteiger partial charge >= 0.3 is 0 Å². The molecule has 144 valence electrons. The van der Waals surface area contributed by atoms with Crippen LogP contribution >= 0.6 is 11.6 Å². The summed E-state index contributed by atoms with van der Waals surface area (Å²) in [6, 6.07) is 15.4. The van der Waals surface area contributed by atoms with Gasteiger partial charge in [-0.25, -0.2) is 0 Å². The number of amides is 1. The Morgan fingerprint density at radius 2 is 1.86 bits per heavy atom. The first-order valence-electron chi connectivity index (χ1n) is 9.20. The van der Waals surface area contributed by atoms with E-state index < -0.39 is 0 Å². The van der Waals surface area contributed by atoms with Crippen molar-refractivity contribution in [3.63, 3.8) is 0 Å². The first-order valence-corrected chi connectivity index (χ1v) is 9.58. The smallest absolute Gasteiger partial charge is 0.272 e. The van der Waals surface area contributed by atoms with Crippen molar-refractivity contribution in [2.45, 2.75) is 12.8 Å². The van der Waals surface area contributed by atoms with E-state index in [1.54, 1.807) is 36.6 Å². The van der Waals surface area contributed by atoms with Gasteiger partial charge in [-0.05, 0) is 60.4 Å².